The first-order valence-corrected chi connectivity index (χ1v) is 9.27. The molecule has 0 amide bonds. The van der Waals surface area contributed by atoms with Crippen molar-refractivity contribution in [2.24, 2.45) is 0 Å². The highest BCUT2D eigenvalue weighted by Gasteiger charge is 2.19. The molecule has 144 valence electrons. The molecule has 3 aromatic heterocycles. The van der Waals surface area contributed by atoms with Crippen molar-refractivity contribution in [2.75, 3.05) is 13.7 Å². The molecule has 0 aliphatic heterocycles. The number of nitrogens with zero attached hydrogens (tertiary/aromatic N) is 5. The van der Waals surface area contributed by atoms with Crippen LogP contribution in [-0.4, -0.2) is 43.2 Å². The van der Waals surface area contributed by atoms with Gasteiger partial charge >= 0.3 is 0 Å². The zero-order chi connectivity index (χ0) is 19.7. The van der Waals surface area contributed by atoms with Crippen LogP contribution in [-0.2, 0) is 6.42 Å². The molecule has 0 aliphatic carbocycles. The molecular weight excluding hydrogens is 354 g/mol. The van der Waals surface area contributed by atoms with Gasteiger partial charge in [-0.05, 0) is 51.0 Å². The second kappa shape index (κ2) is 7.44. The first-order valence-electron chi connectivity index (χ1n) is 9.27. The summed E-state index contributed by atoms with van der Waals surface area (Å²) < 4.78 is 9.38. The van der Waals surface area contributed by atoms with Crippen LogP contribution in [0.3, 0.4) is 0 Å². The molecule has 4 aromatic rings. The van der Waals surface area contributed by atoms with Gasteiger partial charge in [0.25, 0.3) is 0 Å². The second-order valence-corrected chi connectivity index (χ2v) is 6.75. The van der Waals surface area contributed by atoms with Crippen LogP contribution >= 0.6 is 0 Å². The smallest absolute Gasteiger partial charge is 0.163 e. The van der Waals surface area contributed by atoms with Crippen molar-refractivity contribution < 1.29 is 9.84 Å². The normalized spacial score (nSPS) is 11.3. The van der Waals surface area contributed by atoms with E-state index in [0.717, 1.165) is 51.7 Å². The maximum atomic E-state index is 9.21. The summed E-state index contributed by atoms with van der Waals surface area (Å²) in [4.78, 5) is 4.75. The Morgan fingerprint density at radius 2 is 2.04 bits per heavy atom. The summed E-state index contributed by atoms with van der Waals surface area (Å²) in [5.41, 5.74) is 6.47. The Morgan fingerprint density at radius 1 is 1.18 bits per heavy atom. The predicted octanol–water partition coefficient (Wildman–Crippen LogP) is 3.13. The van der Waals surface area contributed by atoms with Crippen LogP contribution in [0.2, 0.25) is 0 Å². The van der Waals surface area contributed by atoms with E-state index in [1.165, 1.54) is 0 Å². The Kier molecular flexibility index (Phi) is 4.83. The molecule has 0 saturated carbocycles. The summed E-state index contributed by atoms with van der Waals surface area (Å²) >= 11 is 0. The zero-order valence-corrected chi connectivity index (χ0v) is 16.3. The van der Waals surface area contributed by atoms with Crippen molar-refractivity contribution in [2.45, 2.75) is 26.7 Å². The molecular formula is C21H23N5O2. The van der Waals surface area contributed by atoms with E-state index >= 15 is 0 Å². The summed E-state index contributed by atoms with van der Waals surface area (Å²) in [7, 11) is 1.66. The average Bonchev–Trinajstić information content (AvgIpc) is 3.33. The molecule has 0 fully saturated rings. The first kappa shape index (κ1) is 18.2. The fourth-order valence-corrected chi connectivity index (χ4v) is 3.52. The number of rotatable bonds is 6. The first-order chi connectivity index (χ1) is 13.6. The number of benzene rings is 1. The number of aliphatic hydroxyl groups excluding tert-OH is 1. The molecule has 0 saturated heterocycles. The van der Waals surface area contributed by atoms with Gasteiger partial charge in [-0.3, -0.25) is 0 Å². The number of methoxy groups -OCH3 is 1. The van der Waals surface area contributed by atoms with Gasteiger partial charge in [-0.2, -0.15) is 10.2 Å². The average molecular weight is 377 g/mol. The lowest BCUT2D eigenvalue weighted by molar-refractivity contribution is 0.287. The van der Waals surface area contributed by atoms with Gasteiger partial charge in [-0.25, -0.2) is 14.2 Å². The van der Waals surface area contributed by atoms with Gasteiger partial charge in [0.1, 0.15) is 5.75 Å². The van der Waals surface area contributed by atoms with Crippen molar-refractivity contribution in [1.29, 1.82) is 0 Å². The summed E-state index contributed by atoms with van der Waals surface area (Å²) in [5.74, 6) is 0.742. The third kappa shape index (κ3) is 3.14. The Morgan fingerprint density at radius 3 is 2.75 bits per heavy atom. The highest BCUT2D eigenvalue weighted by Crippen LogP contribution is 2.36. The van der Waals surface area contributed by atoms with E-state index < -0.39 is 0 Å². The molecule has 3 heterocycles. The van der Waals surface area contributed by atoms with Gasteiger partial charge in [0.2, 0.25) is 0 Å². The molecule has 0 unspecified atom stereocenters. The monoisotopic (exact) mass is 377 g/mol. The minimum atomic E-state index is 0.151. The van der Waals surface area contributed by atoms with E-state index in [0.29, 0.717) is 6.42 Å². The zero-order valence-electron chi connectivity index (χ0n) is 16.3. The van der Waals surface area contributed by atoms with E-state index in [1.54, 1.807) is 18.0 Å². The van der Waals surface area contributed by atoms with Gasteiger partial charge in [-0.15, -0.1) is 0 Å². The minimum Gasteiger partial charge on any atom is -0.496 e. The standard InChI is InChI=1S/C21H23N5O2/c1-14-12-17(6-4-11-27)26-21(23-14)20(15(2)24-26)18-8-7-16(13-19(18)28-3)25-10-5-9-22-25/h5,7-10,12-13,27H,4,6,11H2,1-3H3. The van der Waals surface area contributed by atoms with Crippen molar-refractivity contribution in [3.8, 4) is 22.6 Å². The fourth-order valence-electron chi connectivity index (χ4n) is 3.52. The summed E-state index contributed by atoms with van der Waals surface area (Å²) in [6, 6.07) is 9.91. The van der Waals surface area contributed by atoms with Crippen LogP contribution in [0, 0.1) is 13.8 Å². The van der Waals surface area contributed by atoms with Crippen molar-refractivity contribution >= 4 is 5.65 Å². The fraction of sp³-hybridized carbons (Fsp3) is 0.286. The summed E-state index contributed by atoms with van der Waals surface area (Å²) in [6.07, 6.45) is 5.07. The molecule has 28 heavy (non-hydrogen) atoms. The number of hydrogen-bond donors (Lipinski definition) is 1. The van der Waals surface area contributed by atoms with Crippen LogP contribution in [0.25, 0.3) is 22.5 Å². The number of ether oxygens (including phenoxy) is 1. The van der Waals surface area contributed by atoms with Gasteiger partial charge < -0.3 is 9.84 Å². The molecule has 0 atom stereocenters. The number of aliphatic hydroxyl groups is 1. The van der Waals surface area contributed by atoms with E-state index in [-0.39, 0.29) is 6.61 Å². The van der Waals surface area contributed by atoms with E-state index in [1.807, 2.05) is 54.9 Å². The second-order valence-electron chi connectivity index (χ2n) is 6.75. The lowest BCUT2D eigenvalue weighted by Gasteiger charge is -2.11. The molecule has 0 aliphatic rings. The molecule has 0 bridgehead atoms. The van der Waals surface area contributed by atoms with Crippen LogP contribution in [0.4, 0.5) is 0 Å². The summed E-state index contributed by atoms with van der Waals surface area (Å²) in [6.45, 7) is 4.11. The Labute approximate surface area is 163 Å². The molecule has 7 heteroatoms. The summed E-state index contributed by atoms with van der Waals surface area (Å²) in [5, 5.41) is 18.2. The van der Waals surface area contributed by atoms with E-state index in [4.69, 9.17) is 14.8 Å². The molecule has 1 aromatic carbocycles. The lowest BCUT2D eigenvalue weighted by Crippen LogP contribution is -2.03. The van der Waals surface area contributed by atoms with Gasteiger partial charge in [0.05, 0.1) is 24.1 Å². The van der Waals surface area contributed by atoms with Crippen LogP contribution in [0.1, 0.15) is 23.5 Å². The highest BCUT2D eigenvalue weighted by molar-refractivity contribution is 5.84. The minimum absolute atomic E-state index is 0.151. The lowest BCUT2D eigenvalue weighted by atomic mass is 10.0. The van der Waals surface area contributed by atoms with Gasteiger partial charge in [0.15, 0.2) is 5.65 Å². The third-order valence-corrected chi connectivity index (χ3v) is 4.78. The maximum absolute atomic E-state index is 9.21. The molecule has 7 nitrogen and oxygen atoms in total. The van der Waals surface area contributed by atoms with E-state index in [9.17, 15) is 5.11 Å². The molecule has 0 spiro atoms. The van der Waals surface area contributed by atoms with Gasteiger partial charge in [0, 0.05) is 42.0 Å². The Hall–Kier alpha value is -3.19. The quantitative estimate of drug-likeness (QED) is 0.559. The van der Waals surface area contributed by atoms with Crippen molar-refractivity contribution in [1.82, 2.24) is 24.4 Å². The van der Waals surface area contributed by atoms with Crippen LogP contribution in [0.5, 0.6) is 5.75 Å². The number of aromatic nitrogens is 5. The predicted molar refractivity (Wildman–Crippen MR) is 107 cm³/mol. The molecule has 4 rings (SSSR count). The molecule has 1 N–H and O–H groups in total. The molecule has 0 radical (unpaired) electrons. The van der Waals surface area contributed by atoms with Crippen molar-refractivity contribution in [3.63, 3.8) is 0 Å². The highest BCUT2D eigenvalue weighted by atomic mass is 16.5. The number of fused-ring (bicyclic) bond motifs is 1. The van der Waals surface area contributed by atoms with Gasteiger partial charge in [-0.1, -0.05) is 0 Å². The largest absolute Gasteiger partial charge is 0.496 e. The Bertz CT molecular complexity index is 1120. The third-order valence-electron chi connectivity index (χ3n) is 4.78. The Balaban J connectivity index is 1.89. The van der Waals surface area contributed by atoms with Crippen LogP contribution in [0.15, 0.2) is 42.7 Å². The number of hydrogen-bond acceptors (Lipinski definition) is 5. The number of aryl methyl sites for hydroxylation is 3. The topological polar surface area (TPSA) is 77.5 Å². The van der Waals surface area contributed by atoms with E-state index in [2.05, 4.69) is 5.10 Å². The SMILES string of the molecule is COc1cc(-n2cccn2)ccc1-c1c(C)nn2c(CCCO)cc(C)nc12. The van der Waals surface area contributed by atoms with Crippen LogP contribution < -0.4 is 4.74 Å². The maximum Gasteiger partial charge on any atom is 0.163 e. The van der Waals surface area contributed by atoms with Crippen molar-refractivity contribution in [3.05, 3.63) is 59.8 Å².